The van der Waals surface area contributed by atoms with Crippen molar-refractivity contribution in [1.82, 2.24) is 19.2 Å². The minimum Gasteiger partial charge on any atom is -0.371 e. The number of hydrogen-bond donors (Lipinski definition) is 2. The number of aromatic amines is 1. The first-order valence-corrected chi connectivity index (χ1v) is 13.2. The number of nitrogens with zero attached hydrogens (tertiary/aromatic N) is 2. The van der Waals surface area contributed by atoms with Crippen molar-refractivity contribution < 1.29 is 27.4 Å². The molecule has 0 bridgehead atoms. The second kappa shape index (κ2) is 9.19. The Balaban J connectivity index is 1.42. The molecule has 1 amide bonds. The molecule has 4 heterocycles. The van der Waals surface area contributed by atoms with E-state index in [1.807, 2.05) is 0 Å². The van der Waals surface area contributed by atoms with Crippen molar-refractivity contribution in [3.63, 3.8) is 0 Å². The Bertz CT molecular complexity index is 1150. The number of nitrogens with one attached hydrogen (secondary N) is 2. The number of H-pyrrole nitrogens is 1. The van der Waals surface area contributed by atoms with Crippen molar-refractivity contribution in [1.29, 1.82) is 0 Å². The van der Waals surface area contributed by atoms with Crippen molar-refractivity contribution in [3.8, 4) is 0 Å². The summed E-state index contributed by atoms with van der Waals surface area (Å²) in [6.45, 7) is 6.13. The van der Waals surface area contributed by atoms with Crippen LogP contribution in [0.15, 0.2) is 15.8 Å². The number of sulfonamides is 1. The van der Waals surface area contributed by atoms with Gasteiger partial charge in [-0.3, -0.25) is 19.1 Å². The molecule has 1 aromatic heterocycles. The van der Waals surface area contributed by atoms with Crippen LogP contribution >= 0.6 is 0 Å². The molecule has 3 saturated heterocycles. The van der Waals surface area contributed by atoms with Crippen LogP contribution in [0.3, 0.4) is 0 Å². The third kappa shape index (κ3) is 5.13. The van der Waals surface area contributed by atoms with Gasteiger partial charge in [0, 0.05) is 37.3 Å². The van der Waals surface area contributed by atoms with Crippen LogP contribution in [0.2, 0.25) is 0 Å². The molecule has 4 atom stereocenters. The fourth-order valence-electron chi connectivity index (χ4n) is 4.86. The zero-order chi connectivity index (χ0) is 24.8. The molecule has 0 radical (unpaired) electrons. The lowest BCUT2D eigenvalue weighted by atomic mass is 9.95. The lowest BCUT2D eigenvalue weighted by Gasteiger charge is -2.38. The highest BCUT2D eigenvalue weighted by Gasteiger charge is 2.52. The van der Waals surface area contributed by atoms with E-state index in [0.29, 0.717) is 31.5 Å². The Kier molecular flexibility index (Phi) is 6.77. The van der Waals surface area contributed by atoms with Gasteiger partial charge in [-0.15, -0.1) is 0 Å². The van der Waals surface area contributed by atoms with E-state index in [0.717, 1.165) is 0 Å². The van der Waals surface area contributed by atoms with Crippen LogP contribution in [0.1, 0.15) is 38.3 Å². The van der Waals surface area contributed by atoms with Crippen molar-refractivity contribution in [2.75, 3.05) is 32.5 Å². The molecule has 0 unspecified atom stereocenters. The van der Waals surface area contributed by atoms with Gasteiger partial charge in [-0.1, -0.05) is 0 Å². The minimum atomic E-state index is -3.25. The Morgan fingerprint density at radius 2 is 1.85 bits per heavy atom. The van der Waals surface area contributed by atoms with Gasteiger partial charge < -0.3 is 19.5 Å². The number of piperidine rings is 1. The molecule has 0 aliphatic carbocycles. The highest BCUT2D eigenvalue weighted by molar-refractivity contribution is 7.88. The first-order valence-electron chi connectivity index (χ1n) is 11.4. The average molecular weight is 501 g/mol. The Morgan fingerprint density at radius 1 is 1.21 bits per heavy atom. The highest BCUT2D eigenvalue weighted by atomic mass is 32.2. The van der Waals surface area contributed by atoms with Crippen LogP contribution in [0.25, 0.3) is 0 Å². The molecule has 0 aromatic carbocycles. The summed E-state index contributed by atoms with van der Waals surface area (Å²) in [7, 11) is -3.25. The first kappa shape index (κ1) is 25.0. The molecule has 4 rings (SSSR count). The van der Waals surface area contributed by atoms with Gasteiger partial charge in [0.25, 0.3) is 5.56 Å². The lowest BCUT2D eigenvalue weighted by molar-refractivity contribution is -0.153. The second-order valence-electron chi connectivity index (χ2n) is 9.66. The third-order valence-corrected chi connectivity index (χ3v) is 7.97. The monoisotopic (exact) mass is 500 g/mol. The summed E-state index contributed by atoms with van der Waals surface area (Å²) in [5, 5.41) is 2.91. The molecular weight excluding hydrogens is 468 g/mol. The molecule has 0 saturated carbocycles. The SMILES string of the molecule is Cc1cn([C@@H]2CO[C@H](CNC(=O)C3CCN(S(C)(=O)=O)CC3)[C@H]3OC(C)(C)O[C@H]32)c(=O)[nH]c1=O. The minimum absolute atomic E-state index is 0.138. The fraction of sp³-hybridized carbons (Fsp3) is 0.762. The van der Waals surface area contributed by atoms with Crippen LogP contribution in [0.4, 0.5) is 0 Å². The Morgan fingerprint density at radius 3 is 2.50 bits per heavy atom. The summed E-state index contributed by atoms with van der Waals surface area (Å²) < 4.78 is 44.4. The van der Waals surface area contributed by atoms with Crippen molar-refractivity contribution >= 4 is 15.9 Å². The molecule has 3 fully saturated rings. The number of carbonyl (C=O) groups excluding carboxylic acids is 1. The molecule has 34 heavy (non-hydrogen) atoms. The molecule has 3 aliphatic rings. The van der Waals surface area contributed by atoms with Crippen LogP contribution in [-0.2, 0) is 29.0 Å². The molecular formula is C21H32N4O8S. The van der Waals surface area contributed by atoms with Crippen LogP contribution in [0.5, 0.6) is 0 Å². The predicted molar refractivity (Wildman–Crippen MR) is 121 cm³/mol. The van der Waals surface area contributed by atoms with Crippen molar-refractivity contribution in [3.05, 3.63) is 32.6 Å². The Hall–Kier alpha value is -2.06. The van der Waals surface area contributed by atoms with E-state index in [1.165, 1.54) is 21.3 Å². The van der Waals surface area contributed by atoms with E-state index in [-0.39, 0.29) is 25.0 Å². The van der Waals surface area contributed by atoms with Gasteiger partial charge in [0.2, 0.25) is 15.9 Å². The number of aromatic nitrogens is 2. The lowest BCUT2D eigenvalue weighted by Crippen LogP contribution is -2.55. The van der Waals surface area contributed by atoms with E-state index in [2.05, 4.69) is 10.3 Å². The van der Waals surface area contributed by atoms with E-state index in [9.17, 15) is 22.8 Å². The van der Waals surface area contributed by atoms with Gasteiger partial charge in [-0.05, 0) is 33.6 Å². The topological polar surface area (TPSA) is 149 Å². The summed E-state index contributed by atoms with van der Waals surface area (Å²) in [6, 6.07) is -0.512. The zero-order valence-electron chi connectivity index (χ0n) is 19.8. The van der Waals surface area contributed by atoms with Gasteiger partial charge in [-0.2, -0.15) is 0 Å². The van der Waals surface area contributed by atoms with E-state index >= 15 is 0 Å². The maximum absolute atomic E-state index is 12.7. The number of ether oxygens (including phenoxy) is 3. The van der Waals surface area contributed by atoms with E-state index in [1.54, 1.807) is 20.8 Å². The molecule has 2 N–H and O–H groups in total. The van der Waals surface area contributed by atoms with E-state index in [4.69, 9.17) is 14.2 Å². The average Bonchev–Trinajstić information content (AvgIpc) is 3.09. The number of aryl methyl sites for hydroxylation is 1. The summed E-state index contributed by atoms with van der Waals surface area (Å²) in [5.74, 6) is -1.34. The molecule has 13 heteroatoms. The molecule has 0 spiro atoms. The van der Waals surface area contributed by atoms with Crippen LogP contribution in [-0.4, -0.2) is 84.8 Å². The van der Waals surface area contributed by atoms with Gasteiger partial charge in [-0.25, -0.2) is 17.5 Å². The standard InChI is InChI=1S/C21H32N4O8S/c1-12-10-25(20(28)23-18(12)26)14-11-31-15(17-16(14)32-21(2,3)33-17)9-22-19(27)13-5-7-24(8-6-13)34(4,29)30/h10,13-17H,5-9,11H2,1-4H3,(H,22,27)(H,23,26,28)/t14-,15-,16+,17-/m1/s1. The summed E-state index contributed by atoms with van der Waals surface area (Å²) in [4.78, 5) is 39.3. The van der Waals surface area contributed by atoms with Gasteiger partial charge in [0.05, 0.1) is 18.9 Å². The second-order valence-corrected chi connectivity index (χ2v) is 11.6. The van der Waals surface area contributed by atoms with E-state index < -0.39 is 51.4 Å². The smallest absolute Gasteiger partial charge is 0.328 e. The number of fused-ring (bicyclic) bond motifs is 1. The summed E-state index contributed by atoms with van der Waals surface area (Å²) in [5.41, 5.74) is -0.601. The van der Waals surface area contributed by atoms with Crippen molar-refractivity contribution in [2.45, 2.75) is 63.8 Å². The number of hydrogen-bond acceptors (Lipinski definition) is 8. The normalized spacial score (nSPS) is 30.1. The third-order valence-electron chi connectivity index (χ3n) is 6.66. The largest absolute Gasteiger partial charge is 0.371 e. The maximum Gasteiger partial charge on any atom is 0.328 e. The van der Waals surface area contributed by atoms with Gasteiger partial charge >= 0.3 is 5.69 Å². The molecule has 190 valence electrons. The zero-order valence-corrected chi connectivity index (χ0v) is 20.6. The molecule has 1 aromatic rings. The number of rotatable bonds is 5. The maximum atomic E-state index is 12.7. The predicted octanol–water partition coefficient (Wildman–Crippen LogP) is -0.907. The quantitative estimate of drug-likeness (QED) is 0.528. The first-order chi connectivity index (χ1) is 15.9. The number of carbonyl (C=O) groups is 1. The van der Waals surface area contributed by atoms with Crippen molar-refractivity contribution in [2.24, 2.45) is 5.92 Å². The van der Waals surface area contributed by atoms with Gasteiger partial charge in [0.1, 0.15) is 18.3 Å². The summed E-state index contributed by atoms with van der Waals surface area (Å²) >= 11 is 0. The van der Waals surface area contributed by atoms with Crippen LogP contribution < -0.4 is 16.6 Å². The fourth-order valence-corrected chi connectivity index (χ4v) is 5.73. The summed E-state index contributed by atoms with van der Waals surface area (Å²) in [6.07, 6.45) is 2.02. The highest BCUT2D eigenvalue weighted by Crippen LogP contribution is 2.39. The molecule has 12 nitrogen and oxygen atoms in total. The van der Waals surface area contributed by atoms with Crippen LogP contribution in [0, 0.1) is 12.8 Å². The van der Waals surface area contributed by atoms with Gasteiger partial charge in [0.15, 0.2) is 5.79 Å². The molecule has 3 aliphatic heterocycles. The Labute approximate surface area is 197 Å². The number of amides is 1.